The number of anilines is 1. The molecule has 1 amide bonds. The van der Waals surface area contributed by atoms with Crippen LogP contribution in [-0.2, 0) is 11.2 Å². The zero-order chi connectivity index (χ0) is 16.1. The maximum atomic E-state index is 11.9. The molecule has 0 aliphatic heterocycles. The van der Waals surface area contributed by atoms with Gasteiger partial charge in [-0.2, -0.15) is 0 Å². The third kappa shape index (κ3) is 4.02. The first-order valence-electron chi connectivity index (χ1n) is 7.22. The first-order valence-corrected chi connectivity index (χ1v) is 9.02. The number of benzene rings is 1. The van der Waals surface area contributed by atoms with Crippen molar-refractivity contribution in [3.63, 3.8) is 0 Å². The minimum absolute atomic E-state index is 0.0102. The van der Waals surface area contributed by atoms with Crippen LogP contribution in [0.25, 0.3) is 10.9 Å². The molecular weight excluding hydrogens is 330 g/mol. The monoisotopic (exact) mass is 347 g/mol. The standard InChI is InChI=1S/C15H17N5OS2/c1-16-14-19-20-15(23-14)22-9-13(21)17-7-6-10-8-18-12-5-3-2-4-11(10)12/h2-5,8,18H,6-7,9H2,1H3,(H,16,19)(H,17,21). The first-order chi connectivity index (χ1) is 11.3. The van der Waals surface area contributed by atoms with Crippen molar-refractivity contribution in [2.45, 2.75) is 10.8 Å². The van der Waals surface area contributed by atoms with Crippen LogP contribution >= 0.6 is 23.1 Å². The van der Waals surface area contributed by atoms with Gasteiger partial charge in [-0.15, -0.1) is 10.2 Å². The molecule has 0 unspecified atom stereocenters. The lowest BCUT2D eigenvalue weighted by Crippen LogP contribution is -2.27. The normalized spacial score (nSPS) is 10.8. The summed E-state index contributed by atoms with van der Waals surface area (Å²) < 4.78 is 0.793. The second kappa shape index (κ2) is 7.47. The smallest absolute Gasteiger partial charge is 0.230 e. The largest absolute Gasteiger partial charge is 0.363 e. The van der Waals surface area contributed by atoms with E-state index in [4.69, 9.17) is 0 Å². The SMILES string of the molecule is CNc1nnc(SCC(=O)NCCc2c[nH]c3ccccc23)s1. The lowest BCUT2D eigenvalue weighted by molar-refractivity contribution is -0.118. The number of aromatic nitrogens is 3. The Morgan fingerprint density at radius 3 is 3.04 bits per heavy atom. The molecule has 0 saturated carbocycles. The third-order valence-electron chi connectivity index (χ3n) is 3.34. The second-order valence-electron chi connectivity index (χ2n) is 4.87. The van der Waals surface area contributed by atoms with E-state index < -0.39 is 0 Å². The number of carbonyl (C=O) groups excluding carboxylic acids is 1. The maximum Gasteiger partial charge on any atom is 0.230 e. The Hall–Kier alpha value is -2.06. The third-order valence-corrected chi connectivity index (χ3v) is 5.41. The van der Waals surface area contributed by atoms with E-state index in [0.717, 1.165) is 21.4 Å². The molecule has 2 heterocycles. The van der Waals surface area contributed by atoms with Gasteiger partial charge in [0.15, 0.2) is 4.34 Å². The molecule has 0 saturated heterocycles. The molecule has 0 spiro atoms. The summed E-state index contributed by atoms with van der Waals surface area (Å²) in [6.07, 6.45) is 2.81. The van der Waals surface area contributed by atoms with E-state index >= 15 is 0 Å². The summed E-state index contributed by atoms with van der Waals surface area (Å²) in [4.78, 5) is 15.1. The van der Waals surface area contributed by atoms with E-state index in [9.17, 15) is 4.79 Å². The molecule has 2 aromatic heterocycles. The fourth-order valence-corrected chi connectivity index (χ4v) is 3.76. The summed E-state index contributed by atoms with van der Waals surface area (Å²) >= 11 is 2.85. The summed E-state index contributed by atoms with van der Waals surface area (Å²) in [7, 11) is 1.80. The molecule has 6 nitrogen and oxygen atoms in total. The highest BCUT2D eigenvalue weighted by Gasteiger charge is 2.08. The summed E-state index contributed by atoms with van der Waals surface area (Å²) in [6, 6.07) is 8.17. The Morgan fingerprint density at radius 2 is 2.22 bits per heavy atom. The van der Waals surface area contributed by atoms with Crippen LogP contribution in [0.4, 0.5) is 5.13 Å². The van der Waals surface area contributed by atoms with Crippen LogP contribution < -0.4 is 10.6 Å². The molecule has 120 valence electrons. The van der Waals surface area contributed by atoms with Crippen molar-refractivity contribution in [1.29, 1.82) is 0 Å². The van der Waals surface area contributed by atoms with Gasteiger partial charge in [-0.1, -0.05) is 41.3 Å². The van der Waals surface area contributed by atoms with E-state index in [1.54, 1.807) is 7.05 Å². The van der Waals surface area contributed by atoms with Gasteiger partial charge in [-0.25, -0.2) is 0 Å². The highest BCUT2D eigenvalue weighted by molar-refractivity contribution is 8.01. The van der Waals surface area contributed by atoms with Crippen LogP contribution in [0.3, 0.4) is 0 Å². The molecule has 23 heavy (non-hydrogen) atoms. The molecule has 1 aromatic carbocycles. The van der Waals surface area contributed by atoms with Crippen LogP contribution in [0.2, 0.25) is 0 Å². The van der Waals surface area contributed by atoms with Gasteiger partial charge in [-0.05, 0) is 18.1 Å². The summed E-state index contributed by atoms with van der Waals surface area (Å²) in [5.41, 5.74) is 2.34. The number of hydrogen-bond acceptors (Lipinski definition) is 6. The minimum atomic E-state index is 0.0102. The molecule has 0 bridgehead atoms. The predicted octanol–water partition coefficient (Wildman–Crippen LogP) is 2.51. The quantitative estimate of drug-likeness (QED) is 0.572. The van der Waals surface area contributed by atoms with Crippen LogP contribution in [0.15, 0.2) is 34.8 Å². The van der Waals surface area contributed by atoms with E-state index in [1.165, 1.54) is 34.0 Å². The Morgan fingerprint density at radius 1 is 1.35 bits per heavy atom. The fraction of sp³-hybridized carbons (Fsp3) is 0.267. The van der Waals surface area contributed by atoms with E-state index in [2.05, 4.69) is 37.9 Å². The average Bonchev–Trinajstić information content (AvgIpc) is 3.20. The number of hydrogen-bond donors (Lipinski definition) is 3. The lowest BCUT2D eigenvalue weighted by Gasteiger charge is -2.03. The summed E-state index contributed by atoms with van der Waals surface area (Å²) in [5.74, 6) is 0.364. The number of carbonyl (C=O) groups is 1. The number of aromatic amines is 1. The van der Waals surface area contributed by atoms with Crippen molar-refractivity contribution in [2.75, 3.05) is 24.7 Å². The van der Waals surface area contributed by atoms with Crippen molar-refractivity contribution in [1.82, 2.24) is 20.5 Å². The lowest BCUT2D eigenvalue weighted by atomic mass is 10.1. The number of fused-ring (bicyclic) bond motifs is 1. The Balaban J connectivity index is 1.44. The molecule has 3 rings (SSSR count). The van der Waals surface area contributed by atoms with Crippen molar-refractivity contribution in [2.24, 2.45) is 0 Å². The number of nitrogens with one attached hydrogen (secondary N) is 3. The zero-order valence-electron chi connectivity index (χ0n) is 12.6. The molecule has 3 N–H and O–H groups in total. The van der Waals surface area contributed by atoms with Crippen molar-refractivity contribution >= 4 is 45.0 Å². The molecule has 0 radical (unpaired) electrons. The highest BCUT2D eigenvalue weighted by atomic mass is 32.2. The van der Waals surface area contributed by atoms with Gasteiger partial charge in [0.25, 0.3) is 0 Å². The van der Waals surface area contributed by atoms with Gasteiger partial charge in [-0.3, -0.25) is 4.79 Å². The number of nitrogens with zero attached hydrogens (tertiary/aromatic N) is 2. The van der Waals surface area contributed by atoms with Gasteiger partial charge >= 0.3 is 0 Å². The second-order valence-corrected chi connectivity index (χ2v) is 7.07. The molecule has 0 fully saturated rings. The minimum Gasteiger partial charge on any atom is -0.363 e. The van der Waals surface area contributed by atoms with Gasteiger partial charge in [0, 0.05) is 30.7 Å². The Labute approximate surface area is 142 Å². The highest BCUT2D eigenvalue weighted by Crippen LogP contribution is 2.24. The summed E-state index contributed by atoms with van der Waals surface area (Å²) in [5, 5.41) is 15.8. The molecule has 0 atom stereocenters. The number of para-hydroxylation sites is 1. The average molecular weight is 347 g/mol. The molecule has 3 aromatic rings. The van der Waals surface area contributed by atoms with E-state index in [-0.39, 0.29) is 5.91 Å². The molecule has 8 heteroatoms. The van der Waals surface area contributed by atoms with Gasteiger partial charge < -0.3 is 15.6 Å². The van der Waals surface area contributed by atoms with Gasteiger partial charge in [0.05, 0.1) is 5.75 Å². The van der Waals surface area contributed by atoms with E-state index in [0.29, 0.717) is 12.3 Å². The predicted molar refractivity (Wildman–Crippen MR) is 95.2 cm³/mol. The van der Waals surface area contributed by atoms with Gasteiger partial charge in [0.2, 0.25) is 11.0 Å². The maximum absolute atomic E-state index is 11.9. The fourth-order valence-electron chi connectivity index (χ4n) is 2.22. The summed E-state index contributed by atoms with van der Waals surface area (Å²) in [6.45, 7) is 0.624. The Bertz CT molecular complexity index is 798. The topological polar surface area (TPSA) is 82.7 Å². The molecule has 0 aliphatic carbocycles. The number of rotatable bonds is 7. The van der Waals surface area contributed by atoms with Crippen LogP contribution in [0.1, 0.15) is 5.56 Å². The van der Waals surface area contributed by atoms with Gasteiger partial charge in [0.1, 0.15) is 0 Å². The van der Waals surface area contributed by atoms with E-state index in [1.807, 2.05) is 18.3 Å². The number of amides is 1. The van der Waals surface area contributed by atoms with Crippen LogP contribution in [-0.4, -0.2) is 40.4 Å². The number of H-pyrrole nitrogens is 1. The van der Waals surface area contributed by atoms with Crippen molar-refractivity contribution in [3.8, 4) is 0 Å². The number of thioether (sulfide) groups is 1. The zero-order valence-corrected chi connectivity index (χ0v) is 14.3. The van der Waals surface area contributed by atoms with Crippen LogP contribution in [0, 0.1) is 0 Å². The van der Waals surface area contributed by atoms with Crippen molar-refractivity contribution in [3.05, 3.63) is 36.0 Å². The van der Waals surface area contributed by atoms with Crippen LogP contribution in [0.5, 0.6) is 0 Å². The molecule has 0 aliphatic rings. The Kier molecular flexibility index (Phi) is 5.14. The molecular formula is C15H17N5OS2. The first kappa shape index (κ1) is 15.8. The van der Waals surface area contributed by atoms with Crippen molar-refractivity contribution < 1.29 is 4.79 Å².